The highest BCUT2D eigenvalue weighted by molar-refractivity contribution is 5.87. The third-order valence-corrected chi connectivity index (χ3v) is 3.84. The van der Waals surface area contributed by atoms with Crippen LogP contribution in [0, 0.1) is 5.92 Å². The van der Waals surface area contributed by atoms with Gasteiger partial charge in [-0.15, -0.1) is 0 Å². The van der Waals surface area contributed by atoms with E-state index >= 15 is 0 Å². The molecule has 0 aliphatic heterocycles. The Bertz CT molecular complexity index is 365. The van der Waals surface area contributed by atoms with Gasteiger partial charge in [0.1, 0.15) is 6.04 Å². The van der Waals surface area contributed by atoms with Gasteiger partial charge in [0.05, 0.1) is 0 Å². The fraction of sp³-hybridized carbons (Fsp3) is 0.800. The summed E-state index contributed by atoms with van der Waals surface area (Å²) < 4.78 is 0. The summed E-state index contributed by atoms with van der Waals surface area (Å²) in [5.41, 5.74) is 0. The Hall–Kier alpha value is -1.59. The molecule has 1 fully saturated rings. The molecule has 2 amide bonds. The molecule has 0 heterocycles. The summed E-state index contributed by atoms with van der Waals surface area (Å²) in [7, 11) is 0. The van der Waals surface area contributed by atoms with Crippen molar-refractivity contribution in [2.45, 2.75) is 64.3 Å². The van der Waals surface area contributed by atoms with Crippen LogP contribution >= 0.6 is 0 Å². The third-order valence-electron chi connectivity index (χ3n) is 3.84. The van der Waals surface area contributed by atoms with E-state index in [1.807, 2.05) is 0 Å². The second-order valence-electron chi connectivity index (χ2n) is 5.79. The van der Waals surface area contributed by atoms with E-state index in [0.717, 1.165) is 12.8 Å². The molecule has 3 N–H and O–H groups in total. The van der Waals surface area contributed by atoms with Crippen LogP contribution in [0.15, 0.2) is 0 Å². The monoisotopic (exact) mass is 298 g/mol. The van der Waals surface area contributed by atoms with Crippen LogP contribution in [0.5, 0.6) is 0 Å². The van der Waals surface area contributed by atoms with Gasteiger partial charge in [-0.05, 0) is 32.1 Å². The maximum Gasteiger partial charge on any atom is 0.303 e. The van der Waals surface area contributed by atoms with Gasteiger partial charge in [-0.1, -0.05) is 19.3 Å². The Morgan fingerprint density at radius 3 is 2.48 bits per heavy atom. The quantitative estimate of drug-likeness (QED) is 0.591. The van der Waals surface area contributed by atoms with Crippen molar-refractivity contribution >= 4 is 17.8 Å². The summed E-state index contributed by atoms with van der Waals surface area (Å²) in [5.74, 6) is -0.768. The number of carboxylic acids is 1. The Kier molecular flexibility index (Phi) is 7.79. The maximum atomic E-state index is 11.9. The van der Waals surface area contributed by atoms with Crippen LogP contribution < -0.4 is 10.6 Å². The topological polar surface area (TPSA) is 95.5 Å². The molecule has 6 nitrogen and oxygen atoms in total. The molecule has 1 aliphatic rings. The van der Waals surface area contributed by atoms with Gasteiger partial charge in [-0.25, -0.2) is 0 Å². The van der Waals surface area contributed by atoms with Gasteiger partial charge in [0.2, 0.25) is 11.8 Å². The smallest absolute Gasteiger partial charge is 0.303 e. The second-order valence-corrected chi connectivity index (χ2v) is 5.79. The molecule has 0 aromatic heterocycles. The highest BCUT2D eigenvalue weighted by Gasteiger charge is 2.20. The number of amides is 2. The molecule has 1 unspecified atom stereocenters. The molecule has 1 saturated carbocycles. The van der Waals surface area contributed by atoms with Crippen molar-refractivity contribution in [3.05, 3.63) is 0 Å². The van der Waals surface area contributed by atoms with E-state index in [1.165, 1.54) is 19.3 Å². The van der Waals surface area contributed by atoms with E-state index in [0.29, 0.717) is 25.3 Å². The third kappa shape index (κ3) is 7.68. The van der Waals surface area contributed by atoms with Crippen LogP contribution in [-0.2, 0) is 14.4 Å². The Morgan fingerprint density at radius 1 is 1.19 bits per heavy atom. The number of carbonyl (C=O) groups is 3. The normalized spacial score (nSPS) is 17.0. The minimum absolute atomic E-state index is 0.0305. The highest BCUT2D eigenvalue weighted by Crippen LogP contribution is 2.26. The van der Waals surface area contributed by atoms with E-state index in [4.69, 9.17) is 5.11 Å². The molecule has 0 radical (unpaired) electrons. The van der Waals surface area contributed by atoms with Crippen LogP contribution in [0.3, 0.4) is 0 Å². The van der Waals surface area contributed by atoms with Crippen molar-refractivity contribution in [1.29, 1.82) is 0 Å². The summed E-state index contributed by atoms with van der Waals surface area (Å²) in [6.07, 6.45) is 6.76. The number of nitrogens with one attached hydrogen (secondary N) is 2. The number of aliphatic carboxylic acids is 1. The summed E-state index contributed by atoms with van der Waals surface area (Å²) >= 11 is 0. The molecule has 0 saturated heterocycles. The van der Waals surface area contributed by atoms with Crippen molar-refractivity contribution in [1.82, 2.24) is 10.6 Å². The van der Waals surface area contributed by atoms with Crippen molar-refractivity contribution in [2.75, 3.05) is 6.54 Å². The standard InChI is InChI=1S/C15H26N2O4/c1-11(15(21)16-9-5-8-14(19)20)17-13(18)10-12-6-3-2-4-7-12/h11-12H,2-10H2,1H3,(H,16,21)(H,17,18)(H,19,20). The molecule has 0 aromatic carbocycles. The lowest BCUT2D eigenvalue weighted by Crippen LogP contribution is -2.45. The van der Waals surface area contributed by atoms with Crippen LogP contribution in [0.25, 0.3) is 0 Å². The first-order valence-corrected chi connectivity index (χ1v) is 7.78. The zero-order valence-corrected chi connectivity index (χ0v) is 12.7. The predicted molar refractivity (Wildman–Crippen MR) is 78.7 cm³/mol. The van der Waals surface area contributed by atoms with Crippen LogP contribution in [0.2, 0.25) is 0 Å². The van der Waals surface area contributed by atoms with Gasteiger partial charge in [-0.2, -0.15) is 0 Å². The molecule has 6 heteroatoms. The van der Waals surface area contributed by atoms with Gasteiger partial charge >= 0.3 is 5.97 Å². The molecule has 0 aromatic rings. The minimum Gasteiger partial charge on any atom is -0.481 e. The molecule has 21 heavy (non-hydrogen) atoms. The average Bonchev–Trinajstić information content (AvgIpc) is 2.44. The van der Waals surface area contributed by atoms with Crippen molar-refractivity contribution in [3.63, 3.8) is 0 Å². The van der Waals surface area contributed by atoms with E-state index in [9.17, 15) is 14.4 Å². The fourth-order valence-electron chi connectivity index (χ4n) is 2.62. The summed E-state index contributed by atoms with van der Waals surface area (Å²) in [6.45, 7) is 1.96. The lowest BCUT2D eigenvalue weighted by molar-refractivity contribution is -0.137. The first-order valence-electron chi connectivity index (χ1n) is 7.78. The Morgan fingerprint density at radius 2 is 1.86 bits per heavy atom. The number of carbonyl (C=O) groups excluding carboxylic acids is 2. The van der Waals surface area contributed by atoms with Gasteiger partial charge < -0.3 is 15.7 Å². The molecule has 1 atom stereocenters. The van der Waals surface area contributed by atoms with E-state index in [2.05, 4.69) is 10.6 Å². The van der Waals surface area contributed by atoms with E-state index in [1.54, 1.807) is 6.92 Å². The van der Waals surface area contributed by atoms with E-state index < -0.39 is 12.0 Å². The van der Waals surface area contributed by atoms with Crippen LogP contribution in [-0.4, -0.2) is 35.5 Å². The minimum atomic E-state index is -0.877. The average molecular weight is 298 g/mol. The Balaban J connectivity index is 2.18. The summed E-state index contributed by atoms with van der Waals surface area (Å²) in [4.78, 5) is 34.0. The van der Waals surface area contributed by atoms with Gasteiger partial charge in [0.25, 0.3) is 0 Å². The molecule has 0 spiro atoms. The van der Waals surface area contributed by atoms with Gasteiger partial charge in [0.15, 0.2) is 0 Å². The molecule has 120 valence electrons. The summed E-state index contributed by atoms with van der Waals surface area (Å²) in [6, 6.07) is -0.578. The molecular weight excluding hydrogens is 272 g/mol. The number of hydrogen-bond acceptors (Lipinski definition) is 3. The van der Waals surface area contributed by atoms with Crippen LogP contribution in [0.1, 0.15) is 58.3 Å². The maximum absolute atomic E-state index is 11.9. The van der Waals surface area contributed by atoms with Gasteiger partial charge in [-0.3, -0.25) is 14.4 Å². The lowest BCUT2D eigenvalue weighted by Gasteiger charge is -2.22. The zero-order valence-electron chi connectivity index (χ0n) is 12.7. The zero-order chi connectivity index (χ0) is 15.7. The second kappa shape index (κ2) is 9.37. The van der Waals surface area contributed by atoms with Crippen molar-refractivity contribution in [2.24, 2.45) is 5.92 Å². The highest BCUT2D eigenvalue weighted by atomic mass is 16.4. The molecule has 0 bridgehead atoms. The SMILES string of the molecule is CC(NC(=O)CC1CCCCC1)C(=O)NCCCC(=O)O. The first-order chi connectivity index (χ1) is 9.99. The number of rotatable bonds is 8. The van der Waals surface area contributed by atoms with E-state index in [-0.39, 0.29) is 18.2 Å². The predicted octanol–water partition coefficient (Wildman–Crippen LogP) is 1.44. The molecule has 1 aliphatic carbocycles. The van der Waals surface area contributed by atoms with Gasteiger partial charge in [0, 0.05) is 19.4 Å². The van der Waals surface area contributed by atoms with Crippen molar-refractivity contribution < 1.29 is 19.5 Å². The Labute approximate surface area is 125 Å². The number of carboxylic acid groups (broad SMARTS) is 1. The fourth-order valence-corrected chi connectivity index (χ4v) is 2.62. The first kappa shape index (κ1) is 17.5. The lowest BCUT2D eigenvalue weighted by atomic mass is 9.87. The largest absolute Gasteiger partial charge is 0.481 e. The summed E-state index contributed by atoms with van der Waals surface area (Å²) in [5, 5.41) is 13.8. The van der Waals surface area contributed by atoms with Crippen molar-refractivity contribution in [3.8, 4) is 0 Å². The molecule has 1 rings (SSSR count). The molecular formula is C15H26N2O4. The number of hydrogen-bond donors (Lipinski definition) is 3. The van der Waals surface area contributed by atoms with Crippen LogP contribution in [0.4, 0.5) is 0 Å².